The Bertz CT molecular complexity index is 1310. The first-order valence-corrected chi connectivity index (χ1v) is 12.9. The summed E-state index contributed by atoms with van der Waals surface area (Å²) in [6.45, 7) is 1.88. The van der Waals surface area contributed by atoms with Crippen LogP contribution in [0.1, 0.15) is 50.1 Å². The molecule has 0 spiro atoms. The van der Waals surface area contributed by atoms with Gasteiger partial charge < -0.3 is 19.5 Å². The lowest BCUT2D eigenvalue weighted by Gasteiger charge is -2.42. The van der Waals surface area contributed by atoms with Crippen LogP contribution in [0, 0.1) is 0 Å². The number of ether oxygens (including phenoxy) is 1. The van der Waals surface area contributed by atoms with E-state index >= 15 is 0 Å². The number of imidazole rings is 1. The van der Waals surface area contributed by atoms with Gasteiger partial charge in [-0.25, -0.2) is 4.79 Å². The van der Waals surface area contributed by atoms with Crippen molar-refractivity contribution >= 4 is 16.9 Å². The molecule has 0 radical (unpaired) electrons. The van der Waals surface area contributed by atoms with Gasteiger partial charge >= 0.3 is 5.69 Å². The van der Waals surface area contributed by atoms with Gasteiger partial charge in [-0.05, 0) is 61.9 Å². The number of aromatic nitrogens is 2. The number of para-hydroxylation sites is 2. The van der Waals surface area contributed by atoms with E-state index in [1.54, 1.807) is 12.0 Å². The van der Waals surface area contributed by atoms with Gasteiger partial charge in [-0.15, -0.1) is 0 Å². The van der Waals surface area contributed by atoms with Crippen molar-refractivity contribution in [2.75, 3.05) is 34.3 Å². The van der Waals surface area contributed by atoms with Crippen LogP contribution in [0.25, 0.3) is 11.0 Å². The first-order chi connectivity index (χ1) is 17.4. The lowest BCUT2D eigenvalue weighted by atomic mass is 9.68. The highest BCUT2D eigenvalue weighted by Crippen LogP contribution is 2.43. The molecule has 5 rings (SSSR count). The Kier molecular flexibility index (Phi) is 6.65. The van der Waals surface area contributed by atoms with E-state index in [9.17, 15) is 9.59 Å². The average molecular weight is 489 g/mol. The average Bonchev–Trinajstić information content (AvgIpc) is 3.25. The molecule has 7 nitrogen and oxygen atoms in total. The van der Waals surface area contributed by atoms with E-state index in [2.05, 4.69) is 28.1 Å². The smallest absolute Gasteiger partial charge is 0.326 e. The number of fused-ring (bicyclic) bond motifs is 1. The molecule has 1 saturated heterocycles. The van der Waals surface area contributed by atoms with Gasteiger partial charge in [-0.2, -0.15) is 0 Å². The molecular weight excluding hydrogens is 452 g/mol. The molecule has 1 N–H and O–H groups in total. The van der Waals surface area contributed by atoms with Crippen LogP contribution in [0.4, 0.5) is 0 Å². The quantitative estimate of drug-likeness (QED) is 0.556. The minimum atomic E-state index is -0.202. The number of amides is 1. The maximum atomic E-state index is 12.8. The normalized spacial score (nSPS) is 20.9. The van der Waals surface area contributed by atoms with Crippen molar-refractivity contribution in [3.63, 3.8) is 0 Å². The summed E-state index contributed by atoms with van der Waals surface area (Å²) < 4.78 is 7.30. The number of nitrogens with one attached hydrogen (secondary N) is 1. The van der Waals surface area contributed by atoms with E-state index < -0.39 is 0 Å². The summed E-state index contributed by atoms with van der Waals surface area (Å²) in [7, 11) is 5.34. The van der Waals surface area contributed by atoms with Gasteiger partial charge in [-0.1, -0.05) is 30.3 Å². The topological polar surface area (TPSA) is 70.6 Å². The van der Waals surface area contributed by atoms with Crippen molar-refractivity contribution in [2.45, 2.75) is 50.0 Å². The van der Waals surface area contributed by atoms with Crippen LogP contribution < -0.4 is 10.4 Å². The third-order valence-corrected chi connectivity index (χ3v) is 8.14. The second kappa shape index (κ2) is 9.88. The predicted molar refractivity (Wildman–Crippen MR) is 142 cm³/mol. The summed E-state index contributed by atoms with van der Waals surface area (Å²) in [5, 5.41) is 0. The fourth-order valence-corrected chi connectivity index (χ4v) is 5.94. The molecule has 1 atom stereocenters. The van der Waals surface area contributed by atoms with E-state index in [-0.39, 0.29) is 23.1 Å². The molecule has 1 aromatic heterocycles. The second-order valence-electron chi connectivity index (χ2n) is 10.4. The number of nitrogens with zero attached hydrogens (tertiary/aromatic N) is 3. The fourth-order valence-electron chi connectivity index (χ4n) is 5.94. The van der Waals surface area contributed by atoms with Crippen LogP contribution in [0.2, 0.25) is 0 Å². The monoisotopic (exact) mass is 488 g/mol. The Morgan fingerprint density at radius 1 is 1.11 bits per heavy atom. The van der Waals surface area contributed by atoms with Crippen LogP contribution in [0.15, 0.2) is 65.1 Å². The lowest BCUT2D eigenvalue weighted by Crippen LogP contribution is -2.40. The lowest BCUT2D eigenvalue weighted by molar-refractivity contribution is -0.130. The van der Waals surface area contributed by atoms with Gasteiger partial charge in [0.2, 0.25) is 5.91 Å². The molecular formula is C29H36N4O3. The summed E-state index contributed by atoms with van der Waals surface area (Å²) in [5.41, 5.74) is 4.26. The molecule has 1 fully saturated rings. The van der Waals surface area contributed by atoms with Crippen molar-refractivity contribution in [2.24, 2.45) is 0 Å². The zero-order valence-electron chi connectivity index (χ0n) is 21.5. The number of hydrogen-bond donors (Lipinski definition) is 1. The maximum absolute atomic E-state index is 12.8. The van der Waals surface area contributed by atoms with Crippen LogP contribution >= 0.6 is 0 Å². The van der Waals surface area contributed by atoms with Gasteiger partial charge in [0.05, 0.1) is 18.1 Å². The van der Waals surface area contributed by atoms with E-state index in [0.29, 0.717) is 6.42 Å². The van der Waals surface area contributed by atoms with Gasteiger partial charge in [0, 0.05) is 50.8 Å². The molecule has 7 heteroatoms. The molecule has 0 saturated carbocycles. The summed E-state index contributed by atoms with van der Waals surface area (Å²) >= 11 is 0. The third-order valence-electron chi connectivity index (χ3n) is 8.14. The van der Waals surface area contributed by atoms with Gasteiger partial charge in [0.25, 0.3) is 0 Å². The van der Waals surface area contributed by atoms with E-state index in [4.69, 9.17) is 4.74 Å². The zero-order valence-corrected chi connectivity index (χ0v) is 21.5. The van der Waals surface area contributed by atoms with Gasteiger partial charge in [0.1, 0.15) is 5.75 Å². The summed E-state index contributed by atoms with van der Waals surface area (Å²) in [5.74, 6) is 0.990. The number of aromatic amines is 1. The zero-order chi connectivity index (χ0) is 25.3. The summed E-state index contributed by atoms with van der Waals surface area (Å²) in [6, 6.07) is 16.4. The van der Waals surface area contributed by atoms with Gasteiger partial charge in [0.15, 0.2) is 0 Å². The molecule has 190 valence electrons. The highest BCUT2D eigenvalue weighted by atomic mass is 16.5. The fraction of sp³-hybridized carbons (Fsp3) is 0.448. The molecule has 3 aromatic rings. The summed E-state index contributed by atoms with van der Waals surface area (Å²) in [4.78, 5) is 32.6. The van der Waals surface area contributed by atoms with Crippen LogP contribution in [-0.2, 0) is 10.2 Å². The highest BCUT2D eigenvalue weighted by Gasteiger charge is 2.38. The molecule has 1 unspecified atom stereocenters. The number of methoxy groups -OCH3 is 1. The summed E-state index contributed by atoms with van der Waals surface area (Å²) in [6.07, 6.45) is 7.48. The Labute approximate surface area is 212 Å². The van der Waals surface area contributed by atoms with Gasteiger partial charge in [-0.3, -0.25) is 9.36 Å². The van der Waals surface area contributed by atoms with Crippen molar-refractivity contribution in [1.82, 2.24) is 19.4 Å². The van der Waals surface area contributed by atoms with E-state index in [0.717, 1.165) is 62.0 Å². The minimum absolute atomic E-state index is 0.0126. The highest BCUT2D eigenvalue weighted by molar-refractivity contribution is 5.77. The van der Waals surface area contributed by atoms with Crippen molar-refractivity contribution in [3.05, 3.63) is 76.4 Å². The second-order valence-corrected chi connectivity index (χ2v) is 10.4. The van der Waals surface area contributed by atoms with E-state index in [1.165, 1.54) is 11.3 Å². The Morgan fingerprint density at radius 3 is 2.47 bits per heavy atom. The largest absolute Gasteiger partial charge is 0.497 e. The predicted octanol–water partition coefficient (Wildman–Crippen LogP) is 4.46. The third kappa shape index (κ3) is 4.54. The molecule has 2 aliphatic rings. The Morgan fingerprint density at radius 2 is 1.83 bits per heavy atom. The van der Waals surface area contributed by atoms with Crippen molar-refractivity contribution in [1.29, 1.82) is 0 Å². The van der Waals surface area contributed by atoms with Crippen LogP contribution in [0.3, 0.4) is 0 Å². The molecule has 1 aliphatic carbocycles. The number of allylic oxidation sites excluding steroid dienone is 2. The van der Waals surface area contributed by atoms with Crippen molar-refractivity contribution in [3.8, 4) is 5.75 Å². The maximum Gasteiger partial charge on any atom is 0.326 e. The minimum Gasteiger partial charge on any atom is -0.497 e. The molecule has 2 heterocycles. The number of hydrogen-bond acceptors (Lipinski definition) is 4. The molecule has 2 aromatic carbocycles. The SMILES string of the molecule is COc1ccc(C2(CC(=O)N(C)C)CC=C(N3CCC(n4c(=O)[nH]c5ccccc54)CC3)CC2)cc1. The molecule has 0 bridgehead atoms. The van der Waals surface area contributed by atoms with Crippen LogP contribution in [-0.4, -0.2) is 59.6 Å². The standard InChI is InChI=1S/C29H36N4O3/c1-31(2)27(34)20-29(21-8-10-24(36-3)11-9-21)16-12-22(13-17-29)32-18-14-23(15-19-32)33-26-7-5-4-6-25(26)30-28(33)35/h4-12,23H,13-20H2,1-3H3,(H,30,35). The Balaban J connectivity index is 1.31. The van der Waals surface area contributed by atoms with E-state index in [1.807, 2.05) is 55.1 Å². The number of rotatable bonds is 6. The number of likely N-dealkylation sites (tertiary alicyclic amines) is 1. The number of piperidine rings is 1. The number of carbonyl (C=O) groups is 1. The molecule has 1 aliphatic heterocycles. The molecule has 1 amide bonds. The number of benzene rings is 2. The Hall–Kier alpha value is -3.48. The molecule has 36 heavy (non-hydrogen) atoms. The van der Waals surface area contributed by atoms with Crippen LogP contribution in [0.5, 0.6) is 5.75 Å². The first-order valence-electron chi connectivity index (χ1n) is 12.9. The number of H-pyrrole nitrogens is 1. The first kappa shape index (κ1) is 24.2. The number of carbonyl (C=O) groups excluding carboxylic acids is 1. The van der Waals surface area contributed by atoms with Crippen molar-refractivity contribution < 1.29 is 9.53 Å².